The zero-order chi connectivity index (χ0) is 8.53. The van der Waals surface area contributed by atoms with E-state index in [0.717, 1.165) is 0 Å². The monoisotopic (exact) mass is 174 g/mol. The largest absolute Gasteiger partial charge is 0.366 e. The number of aliphatic hydroxyl groups is 1. The van der Waals surface area contributed by atoms with E-state index in [0.29, 0.717) is 0 Å². The lowest BCUT2D eigenvalue weighted by atomic mass is 10.8. The molecule has 0 aromatic rings. The van der Waals surface area contributed by atoms with Crippen LogP contribution in [-0.2, 0) is 35.1 Å². The van der Waals surface area contributed by atoms with E-state index in [9.17, 15) is 0 Å². The third kappa shape index (κ3) is 9.64. The molecule has 1 unspecified atom stereocenters. The van der Waals surface area contributed by atoms with Crippen molar-refractivity contribution < 1.29 is 45.5 Å². The molecule has 0 aliphatic heterocycles. The molecule has 0 aromatic heterocycles. The molecule has 0 bridgehead atoms. The Kier molecular flexibility index (Phi) is 7.49. The number of rotatable bonds is 7. The Morgan fingerprint density at radius 2 is 1.55 bits per heavy atom. The van der Waals surface area contributed by atoms with Gasteiger partial charge in [0.15, 0.2) is 6.29 Å². The highest BCUT2D eigenvalue weighted by Gasteiger charge is 1.97. The van der Waals surface area contributed by atoms with Gasteiger partial charge < -0.3 is 5.11 Å². The minimum Gasteiger partial charge on any atom is -0.366 e. The van der Waals surface area contributed by atoms with Gasteiger partial charge in [-0.1, -0.05) is 0 Å². The summed E-state index contributed by atoms with van der Waals surface area (Å²) >= 11 is 0. The van der Waals surface area contributed by atoms with Crippen LogP contribution in [0.15, 0.2) is 0 Å². The van der Waals surface area contributed by atoms with Gasteiger partial charge in [-0.25, -0.2) is 5.26 Å². The Labute approximate surface area is 60.0 Å². The second kappa shape index (κ2) is 7.74. The summed E-state index contributed by atoms with van der Waals surface area (Å²) in [7, 11) is 0. The quantitative estimate of drug-likeness (QED) is 0.226. The van der Waals surface area contributed by atoms with Crippen LogP contribution in [0, 0.1) is 0 Å². The summed E-state index contributed by atoms with van der Waals surface area (Å²) in [5.74, 6) is 0. The third-order valence-corrected chi connectivity index (χ3v) is 0.320. The zero-order valence-electron chi connectivity index (χ0n) is 5.33. The van der Waals surface area contributed by atoms with Gasteiger partial charge in [0.2, 0.25) is 0 Å². The lowest BCUT2D eigenvalue weighted by molar-refractivity contribution is -0.815. The molecular formula is C2H6O9. The fourth-order valence-corrected chi connectivity index (χ4v) is 0.119. The molecule has 0 saturated carbocycles. The van der Waals surface area contributed by atoms with Crippen LogP contribution in [-0.4, -0.2) is 16.7 Å². The summed E-state index contributed by atoms with van der Waals surface area (Å²) in [5.41, 5.74) is 0. The lowest BCUT2D eigenvalue weighted by Gasteiger charge is -2.00. The van der Waals surface area contributed by atoms with E-state index >= 15 is 0 Å². The van der Waals surface area contributed by atoms with Gasteiger partial charge in [0.05, 0.1) is 0 Å². The summed E-state index contributed by atoms with van der Waals surface area (Å²) in [5, 5.41) is 35.9. The predicted molar refractivity (Wildman–Crippen MR) is 21.9 cm³/mol. The Balaban J connectivity index is 2.80. The van der Waals surface area contributed by atoms with Crippen molar-refractivity contribution in [3.05, 3.63) is 0 Å². The average Bonchev–Trinajstić information content (AvgIpc) is 1.96. The first-order chi connectivity index (χ1) is 5.27. The molecule has 9 nitrogen and oxygen atoms in total. The zero-order valence-corrected chi connectivity index (χ0v) is 5.33. The molecule has 0 rings (SSSR count). The Hall–Kier alpha value is -0.360. The van der Waals surface area contributed by atoms with Gasteiger partial charge in [0.1, 0.15) is 0 Å². The predicted octanol–water partition coefficient (Wildman–Crippen LogP) is -0.596. The fraction of sp³-hybridized carbons (Fsp3) is 1.00. The van der Waals surface area contributed by atoms with E-state index in [4.69, 9.17) is 10.4 Å². The average molecular weight is 174 g/mol. The first-order valence-corrected chi connectivity index (χ1v) is 2.25. The minimum absolute atomic E-state index is 1.20. The van der Waals surface area contributed by atoms with E-state index in [1.165, 1.54) is 6.92 Å². The molecule has 2 N–H and O–H groups in total. The molecule has 0 aromatic carbocycles. The van der Waals surface area contributed by atoms with Crippen molar-refractivity contribution in [3.8, 4) is 0 Å². The van der Waals surface area contributed by atoms with Crippen molar-refractivity contribution in [2.24, 2.45) is 0 Å². The van der Waals surface area contributed by atoms with Gasteiger partial charge in [0, 0.05) is 0 Å². The van der Waals surface area contributed by atoms with E-state index in [1.54, 1.807) is 0 Å². The third-order valence-electron chi connectivity index (χ3n) is 0.320. The number of hydrogen-bond acceptors (Lipinski definition) is 9. The molecule has 0 aliphatic carbocycles. The molecule has 11 heavy (non-hydrogen) atoms. The minimum atomic E-state index is -1.20. The number of aliphatic hydroxyl groups excluding tert-OH is 1. The summed E-state index contributed by atoms with van der Waals surface area (Å²) < 4.78 is 0. The smallest absolute Gasteiger partial charge is 0.189 e. The highest BCUT2D eigenvalue weighted by atomic mass is 17.9. The van der Waals surface area contributed by atoms with E-state index < -0.39 is 6.29 Å². The summed E-state index contributed by atoms with van der Waals surface area (Å²) in [6, 6.07) is 0. The van der Waals surface area contributed by atoms with Crippen LogP contribution in [0.4, 0.5) is 0 Å². The molecule has 0 radical (unpaired) electrons. The van der Waals surface area contributed by atoms with Crippen molar-refractivity contribution in [3.63, 3.8) is 0 Å². The first-order valence-electron chi connectivity index (χ1n) is 2.25. The summed E-state index contributed by atoms with van der Waals surface area (Å²) in [6.07, 6.45) is -1.20. The van der Waals surface area contributed by atoms with Crippen LogP contribution in [0.5, 0.6) is 0 Å². The maximum Gasteiger partial charge on any atom is 0.189 e. The van der Waals surface area contributed by atoms with E-state index in [1.807, 2.05) is 0 Å². The van der Waals surface area contributed by atoms with Gasteiger partial charge in [-0.15, -0.1) is 0 Å². The molecule has 68 valence electrons. The van der Waals surface area contributed by atoms with Crippen LogP contribution < -0.4 is 0 Å². The Morgan fingerprint density at radius 3 is 2.09 bits per heavy atom. The molecule has 0 aliphatic rings. The molecule has 0 saturated heterocycles. The van der Waals surface area contributed by atoms with Crippen molar-refractivity contribution in [2.75, 3.05) is 0 Å². The standard InChI is InChI=1S/C2H6O9/c1-2(3)5-7-9-11-10-8-6-4/h2-4H,1H3. The van der Waals surface area contributed by atoms with Crippen molar-refractivity contribution >= 4 is 0 Å². The highest BCUT2D eigenvalue weighted by Crippen LogP contribution is 1.89. The summed E-state index contributed by atoms with van der Waals surface area (Å²) in [4.78, 5) is 3.89. The lowest BCUT2D eigenvalue weighted by Crippen LogP contribution is -2.08. The summed E-state index contributed by atoms with van der Waals surface area (Å²) in [6.45, 7) is 1.25. The topological polar surface area (TPSA) is 105 Å². The Morgan fingerprint density at radius 1 is 1.00 bits per heavy atom. The molecule has 9 heteroatoms. The van der Waals surface area contributed by atoms with Crippen LogP contribution in [0.25, 0.3) is 0 Å². The second-order valence-electron chi connectivity index (χ2n) is 1.11. The maximum atomic E-state index is 8.34. The van der Waals surface area contributed by atoms with Crippen LogP contribution >= 0.6 is 0 Å². The van der Waals surface area contributed by atoms with Crippen LogP contribution in [0.3, 0.4) is 0 Å². The van der Waals surface area contributed by atoms with Crippen LogP contribution in [0.1, 0.15) is 6.92 Å². The number of hydrogen-bond donors (Lipinski definition) is 2. The fourth-order valence-electron chi connectivity index (χ4n) is 0.119. The molecule has 0 amide bonds. The van der Waals surface area contributed by atoms with Gasteiger partial charge in [-0.3, -0.25) is 0 Å². The molecule has 0 fully saturated rings. The van der Waals surface area contributed by atoms with Gasteiger partial charge in [-0.05, 0) is 37.2 Å². The maximum absolute atomic E-state index is 8.34. The molecule has 0 heterocycles. The first kappa shape index (κ1) is 10.6. The molecular weight excluding hydrogens is 168 g/mol. The van der Waals surface area contributed by atoms with E-state index in [2.05, 4.69) is 35.1 Å². The molecule has 1 atom stereocenters. The van der Waals surface area contributed by atoms with Gasteiger partial charge >= 0.3 is 0 Å². The van der Waals surface area contributed by atoms with Crippen molar-refractivity contribution in [1.82, 2.24) is 0 Å². The SMILES string of the molecule is CC(O)OOOOOOOO. The van der Waals surface area contributed by atoms with Crippen molar-refractivity contribution in [2.45, 2.75) is 13.2 Å². The second-order valence-corrected chi connectivity index (χ2v) is 1.11. The van der Waals surface area contributed by atoms with Crippen LogP contribution in [0.2, 0.25) is 0 Å². The highest BCUT2D eigenvalue weighted by molar-refractivity contribution is 4.07. The van der Waals surface area contributed by atoms with Crippen molar-refractivity contribution in [1.29, 1.82) is 0 Å². The van der Waals surface area contributed by atoms with E-state index in [-0.39, 0.29) is 0 Å². The molecule has 0 spiro atoms. The van der Waals surface area contributed by atoms with Gasteiger partial charge in [-0.2, -0.15) is 4.89 Å². The Bertz CT molecular complexity index is 72.0. The van der Waals surface area contributed by atoms with Gasteiger partial charge in [0.25, 0.3) is 0 Å². The normalized spacial score (nSPS) is 13.4.